The van der Waals surface area contributed by atoms with E-state index in [1.165, 1.54) is 0 Å². The van der Waals surface area contributed by atoms with Crippen LogP contribution in [0.25, 0.3) is 0 Å². The first kappa shape index (κ1) is 11.9. The molecular weight excluding hydrogens is 168 g/mol. The summed E-state index contributed by atoms with van der Waals surface area (Å²) in [5, 5.41) is 1.08. The van der Waals surface area contributed by atoms with Gasteiger partial charge < -0.3 is 8.85 Å². The molecule has 0 heterocycles. The fraction of sp³-hybridized carbons (Fsp3) is 0.778. The zero-order chi connectivity index (χ0) is 9.40. The van der Waals surface area contributed by atoms with Crippen LogP contribution >= 0.6 is 0 Å². The van der Waals surface area contributed by atoms with Crippen LogP contribution in [0.15, 0.2) is 11.8 Å². The van der Waals surface area contributed by atoms with E-state index in [-0.39, 0.29) is 0 Å². The summed E-state index contributed by atoms with van der Waals surface area (Å²) in [5.74, 6) is 0. The average Bonchev–Trinajstić information content (AvgIpc) is 2.04. The van der Waals surface area contributed by atoms with Crippen molar-refractivity contribution in [2.75, 3.05) is 13.2 Å². The Labute approximate surface area is 77.4 Å². The van der Waals surface area contributed by atoms with Crippen LogP contribution in [0.5, 0.6) is 0 Å². The van der Waals surface area contributed by atoms with Crippen LogP contribution in [-0.2, 0) is 8.85 Å². The first-order valence-corrected chi connectivity index (χ1v) is 6.13. The summed E-state index contributed by atoms with van der Waals surface area (Å²) in [4.78, 5) is 0. The van der Waals surface area contributed by atoms with Crippen molar-refractivity contribution >= 4 is 9.28 Å². The highest BCUT2D eigenvalue weighted by Crippen LogP contribution is 2.02. The Bertz CT molecular complexity index is 118. The molecule has 0 radical (unpaired) electrons. The smallest absolute Gasteiger partial charge is 0.350 e. The van der Waals surface area contributed by atoms with Crippen molar-refractivity contribution in [3.63, 3.8) is 0 Å². The third-order valence-corrected chi connectivity index (χ3v) is 3.23. The van der Waals surface area contributed by atoms with Gasteiger partial charge in [0.05, 0.1) is 0 Å². The van der Waals surface area contributed by atoms with Gasteiger partial charge in [0.25, 0.3) is 0 Å². The topological polar surface area (TPSA) is 18.5 Å². The molecule has 0 saturated carbocycles. The molecule has 0 aliphatic heterocycles. The number of hydrogen-bond donors (Lipinski definition) is 0. The summed E-state index contributed by atoms with van der Waals surface area (Å²) in [6, 6.07) is 0. The van der Waals surface area contributed by atoms with Crippen molar-refractivity contribution in [2.24, 2.45) is 0 Å². The SMILES string of the molecule is C=C(C)[SiH](OCCC)OCCC. The van der Waals surface area contributed by atoms with Gasteiger partial charge in [-0.3, -0.25) is 0 Å². The molecule has 0 atom stereocenters. The highest BCUT2D eigenvalue weighted by atomic mass is 28.3. The summed E-state index contributed by atoms with van der Waals surface area (Å²) in [7, 11) is -1.54. The zero-order valence-electron chi connectivity index (χ0n) is 8.43. The Morgan fingerprint density at radius 3 is 1.83 bits per heavy atom. The highest BCUT2D eigenvalue weighted by molar-refractivity contribution is 6.53. The van der Waals surface area contributed by atoms with Gasteiger partial charge in [-0.25, -0.2) is 0 Å². The van der Waals surface area contributed by atoms with Crippen molar-refractivity contribution in [1.29, 1.82) is 0 Å². The Morgan fingerprint density at radius 1 is 1.17 bits per heavy atom. The normalized spacial score (nSPS) is 10.7. The molecule has 0 N–H and O–H groups in total. The van der Waals surface area contributed by atoms with Crippen molar-refractivity contribution in [3.05, 3.63) is 11.8 Å². The standard InChI is InChI=1S/C9H20O2Si/c1-5-7-10-12(9(3)4)11-8-6-2/h12H,3,5-8H2,1-2,4H3. The first-order valence-electron chi connectivity index (χ1n) is 4.61. The lowest BCUT2D eigenvalue weighted by Crippen LogP contribution is -2.25. The molecule has 0 aliphatic carbocycles. The predicted octanol–water partition coefficient (Wildman–Crippen LogP) is 2.18. The average molecular weight is 188 g/mol. The van der Waals surface area contributed by atoms with Gasteiger partial charge in [0.1, 0.15) is 0 Å². The third-order valence-electron chi connectivity index (χ3n) is 1.35. The molecule has 0 fully saturated rings. The summed E-state index contributed by atoms with van der Waals surface area (Å²) in [6.45, 7) is 11.7. The molecule has 0 aromatic heterocycles. The van der Waals surface area contributed by atoms with Crippen LogP contribution in [0.1, 0.15) is 33.6 Å². The molecule has 3 heteroatoms. The minimum atomic E-state index is -1.54. The van der Waals surface area contributed by atoms with E-state index in [0.29, 0.717) is 0 Å². The van der Waals surface area contributed by atoms with Crippen LogP contribution in [0.3, 0.4) is 0 Å². The monoisotopic (exact) mass is 188 g/mol. The fourth-order valence-electron chi connectivity index (χ4n) is 0.782. The number of rotatable bonds is 7. The molecule has 0 rings (SSSR count). The van der Waals surface area contributed by atoms with E-state index in [9.17, 15) is 0 Å². The number of allylic oxidation sites excluding steroid dienone is 1. The predicted molar refractivity (Wildman–Crippen MR) is 54.4 cm³/mol. The van der Waals surface area contributed by atoms with Gasteiger partial charge in [-0.2, -0.15) is 0 Å². The van der Waals surface area contributed by atoms with Gasteiger partial charge in [0.15, 0.2) is 0 Å². The van der Waals surface area contributed by atoms with Crippen molar-refractivity contribution in [1.82, 2.24) is 0 Å². The van der Waals surface area contributed by atoms with Crippen molar-refractivity contribution in [3.8, 4) is 0 Å². The molecule has 0 aromatic carbocycles. The van der Waals surface area contributed by atoms with Gasteiger partial charge in [-0.15, -0.1) is 0 Å². The first-order chi connectivity index (χ1) is 5.72. The lowest BCUT2D eigenvalue weighted by molar-refractivity contribution is 0.204. The Kier molecular flexibility index (Phi) is 7.44. The molecule has 0 bridgehead atoms. The van der Waals surface area contributed by atoms with Crippen LogP contribution in [-0.4, -0.2) is 22.5 Å². The second kappa shape index (κ2) is 7.52. The molecule has 72 valence electrons. The van der Waals surface area contributed by atoms with E-state index in [2.05, 4.69) is 20.4 Å². The molecule has 2 nitrogen and oxygen atoms in total. The lowest BCUT2D eigenvalue weighted by atomic mass is 10.5. The second-order valence-corrected chi connectivity index (χ2v) is 5.24. The van der Waals surface area contributed by atoms with E-state index in [4.69, 9.17) is 8.85 Å². The maximum Gasteiger partial charge on any atom is 0.350 e. The molecular formula is C9H20O2Si. The fourth-order valence-corrected chi connectivity index (χ4v) is 2.35. The van der Waals surface area contributed by atoms with Gasteiger partial charge in [-0.1, -0.05) is 20.4 Å². The van der Waals surface area contributed by atoms with E-state index in [1.54, 1.807) is 0 Å². The van der Waals surface area contributed by atoms with Crippen LogP contribution in [0, 0.1) is 0 Å². The van der Waals surface area contributed by atoms with E-state index < -0.39 is 9.28 Å². The second-order valence-electron chi connectivity index (χ2n) is 2.92. The quantitative estimate of drug-likeness (QED) is 0.570. The molecule has 0 aromatic rings. The Hall–Kier alpha value is -0.123. The molecule has 0 saturated heterocycles. The third kappa shape index (κ3) is 5.52. The maximum absolute atomic E-state index is 5.57. The lowest BCUT2D eigenvalue weighted by Gasteiger charge is -2.15. The largest absolute Gasteiger partial charge is 0.393 e. The van der Waals surface area contributed by atoms with E-state index in [0.717, 1.165) is 31.3 Å². The van der Waals surface area contributed by atoms with Crippen molar-refractivity contribution < 1.29 is 8.85 Å². The highest BCUT2D eigenvalue weighted by Gasteiger charge is 2.12. The van der Waals surface area contributed by atoms with Gasteiger partial charge in [0.2, 0.25) is 0 Å². The van der Waals surface area contributed by atoms with Crippen LogP contribution in [0.4, 0.5) is 0 Å². The molecule has 12 heavy (non-hydrogen) atoms. The van der Waals surface area contributed by atoms with Crippen molar-refractivity contribution in [2.45, 2.75) is 33.6 Å². The Balaban J connectivity index is 3.62. The van der Waals surface area contributed by atoms with Crippen LogP contribution < -0.4 is 0 Å². The van der Waals surface area contributed by atoms with Gasteiger partial charge in [-0.05, 0) is 25.0 Å². The summed E-state index contributed by atoms with van der Waals surface area (Å²) in [5.41, 5.74) is 0. The van der Waals surface area contributed by atoms with E-state index >= 15 is 0 Å². The minimum absolute atomic E-state index is 0.799. The minimum Gasteiger partial charge on any atom is -0.393 e. The van der Waals surface area contributed by atoms with Gasteiger partial charge in [0, 0.05) is 13.2 Å². The molecule has 0 amide bonds. The Morgan fingerprint density at radius 2 is 1.58 bits per heavy atom. The summed E-state index contributed by atoms with van der Waals surface area (Å²) >= 11 is 0. The van der Waals surface area contributed by atoms with Gasteiger partial charge >= 0.3 is 9.28 Å². The maximum atomic E-state index is 5.57. The summed E-state index contributed by atoms with van der Waals surface area (Å²) in [6.07, 6.45) is 2.10. The zero-order valence-corrected chi connectivity index (χ0v) is 9.58. The molecule has 0 unspecified atom stereocenters. The number of hydrogen-bond acceptors (Lipinski definition) is 2. The molecule has 0 spiro atoms. The molecule has 0 aliphatic rings. The van der Waals surface area contributed by atoms with Crippen LogP contribution in [0.2, 0.25) is 0 Å². The van der Waals surface area contributed by atoms with E-state index in [1.807, 2.05) is 6.92 Å². The summed E-state index contributed by atoms with van der Waals surface area (Å²) < 4.78 is 11.1.